The minimum absolute atomic E-state index is 0.565. The van der Waals surface area contributed by atoms with Crippen LogP contribution in [0.15, 0.2) is 24.4 Å². The summed E-state index contributed by atoms with van der Waals surface area (Å²) in [7, 11) is 0. The van der Waals surface area contributed by atoms with Crippen molar-refractivity contribution in [3.05, 3.63) is 30.1 Å². The standard InChI is InChI=1S/C16H25N3/c1-13(2)18-9-11-19(12-10-18)16(14-6-7-14)15-5-3-4-8-17-15/h3-5,8,13-14,16H,6-7,9-12H2,1-2H3. The normalized spacial score (nSPS) is 23.7. The summed E-state index contributed by atoms with van der Waals surface area (Å²) in [6.45, 7) is 9.38. The third-order valence-corrected chi connectivity index (χ3v) is 4.53. The summed E-state index contributed by atoms with van der Waals surface area (Å²) >= 11 is 0. The lowest BCUT2D eigenvalue weighted by molar-refractivity contribution is 0.0686. The molecule has 19 heavy (non-hydrogen) atoms. The van der Waals surface area contributed by atoms with E-state index >= 15 is 0 Å². The van der Waals surface area contributed by atoms with Gasteiger partial charge in [0.15, 0.2) is 0 Å². The maximum absolute atomic E-state index is 4.61. The highest BCUT2D eigenvalue weighted by Crippen LogP contribution is 2.44. The fraction of sp³-hybridized carbons (Fsp3) is 0.688. The van der Waals surface area contributed by atoms with Crippen molar-refractivity contribution in [1.82, 2.24) is 14.8 Å². The Labute approximate surface area is 116 Å². The molecular formula is C16H25N3. The SMILES string of the molecule is CC(C)N1CCN(C(c2ccccn2)C2CC2)CC1. The summed E-state index contributed by atoms with van der Waals surface area (Å²) in [5, 5.41) is 0. The molecule has 0 amide bonds. The zero-order chi connectivity index (χ0) is 13.2. The van der Waals surface area contributed by atoms with Gasteiger partial charge in [0, 0.05) is 38.4 Å². The van der Waals surface area contributed by atoms with Crippen LogP contribution < -0.4 is 0 Å². The van der Waals surface area contributed by atoms with Crippen molar-refractivity contribution in [1.29, 1.82) is 0 Å². The van der Waals surface area contributed by atoms with Crippen LogP contribution >= 0.6 is 0 Å². The van der Waals surface area contributed by atoms with Crippen LogP contribution in [-0.2, 0) is 0 Å². The van der Waals surface area contributed by atoms with Crippen molar-refractivity contribution in [2.75, 3.05) is 26.2 Å². The molecule has 0 radical (unpaired) electrons. The summed E-state index contributed by atoms with van der Waals surface area (Å²) in [6, 6.07) is 7.59. The van der Waals surface area contributed by atoms with E-state index in [0.29, 0.717) is 12.1 Å². The minimum Gasteiger partial charge on any atom is -0.298 e. The van der Waals surface area contributed by atoms with Gasteiger partial charge in [-0.3, -0.25) is 14.8 Å². The van der Waals surface area contributed by atoms with E-state index in [1.165, 1.54) is 44.7 Å². The van der Waals surface area contributed by atoms with Crippen molar-refractivity contribution < 1.29 is 0 Å². The number of piperazine rings is 1. The van der Waals surface area contributed by atoms with Crippen LogP contribution in [0.1, 0.15) is 38.4 Å². The fourth-order valence-corrected chi connectivity index (χ4v) is 3.22. The van der Waals surface area contributed by atoms with Crippen molar-refractivity contribution in [3.8, 4) is 0 Å². The third kappa shape index (κ3) is 2.98. The predicted octanol–water partition coefficient (Wildman–Crippen LogP) is 2.56. The van der Waals surface area contributed by atoms with E-state index in [2.05, 4.69) is 40.8 Å². The highest BCUT2D eigenvalue weighted by atomic mass is 15.3. The average molecular weight is 259 g/mol. The van der Waals surface area contributed by atoms with Gasteiger partial charge in [-0.1, -0.05) is 6.07 Å². The lowest BCUT2D eigenvalue weighted by Gasteiger charge is -2.40. The van der Waals surface area contributed by atoms with Gasteiger partial charge in [-0.2, -0.15) is 0 Å². The molecule has 1 unspecified atom stereocenters. The maximum Gasteiger partial charge on any atom is 0.0578 e. The number of rotatable bonds is 4. The summed E-state index contributed by atoms with van der Waals surface area (Å²) in [5.41, 5.74) is 1.28. The van der Waals surface area contributed by atoms with E-state index in [9.17, 15) is 0 Å². The highest BCUT2D eigenvalue weighted by Gasteiger charge is 2.38. The lowest BCUT2D eigenvalue weighted by Crippen LogP contribution is -2.50. The van der Waals surface area contributed by atoms with Gasteiger partial charge >= 0.3 is 0 Å². The van der Waals surface area contributed by atoms with Crippen LogP contribution in [0.25, 0.3) is 0 Å². The largest absolute Gasteiger partial charge is 0.298 e. The molecule has 0 aromatic carbocycles. The summed E-state index contributed by atoms with van der Waals surface area (Å²) in [4.78, 5) is 9.86. The maximum atomic E-state index is 4.61. The second-order valence-corrected chi connectivity index (χ2v) is 6.20. The Bertz CT molecular complexity index is 392. The molecule has 104 valence electrons. The van der Waals surface area contributed by atoms with Gasteiger partial charge in [0.1, 0.15) is 0 Å². The predicted molar refractivity (Wildman–Crippen MR) is 78.0 cm³/mol. The molecule has 0 bridgehead atoms. The molecule has 1 aromatic heterocycles. The Kier molecular flexibility index (Phi) is 3.85. The molecule has 3 heteroatoms. The Morgan fingerprint density at radius 3 is 2.26 bits per heavy atom. The second kappa shape index (κ2) is 5.59. The van der Waals surface area contributed by atoms with Crippen molar-refractivity contribution in [3.63, 3.8) is 0 Å². The van der Waals surface area contributed by atoms with Gasteiger partial charge in [0.2, 0.25) is 0 Å². The van der Waals surface area contributed by atoms with Gasteiger partial charge in [-0.05, 0) is 44.7 Å². The zero-order valence-corrected chi connectivity index (χ0v) is 12.1. The topological polar surface area (TPSA) is 19.4 Å². The molecular weight excluding hydrogens is 234 g/mol. The molecule has 1 saturated heterocycles. The van der Waals surface area contributed by atoms with Crippen LogP contribution in [0.4, 0.5) is 0 Å². The Morgan fingerprint density at radius 1 is 1.05 bits per heavy atom. The van der Waals surface area contributed by atoms with E-state index in [-0.39, 0.29) is 0 Å². The molecule has 3 rings (SSSR count). The third-order valence-electron chi connectivity index (χ3n) is 4.53. The molecule has 1 saturated carbocycles. The summed E-state index contributed by atoms with van der Waals surface area (Å²) in [5.74, 6) is 0.848. The molecule has 1 atom stereocenters. The smallest absolute Gasteiger partial charge is 0.0578 e. The van der Waals surface area contributed by atoms with E-state index in [1.54, 1.807) is 0 Å². The first-order valence-corrected chi connectivity index (χ1v) is 7.64. The Morgan fingerprint density at radius 2 is 1.74 bits per heavy atom. The van der Waals surface area contributed by atoms with Crippen LogP contribution in [0.3, 0.4) is 0 Å². The van der Waals surface area contributed by atoms with Gasteiger partial charge in [0.25, 0.3) is 0 Å². The van der Waals surface area contributed by atoms with Gasteiger partial charge in [-0.15, -0.1) is 0 Å². The van der Waals surface area contributed by atoms with Gasteiger partial charge < -0.3 is 0 Å². The van der Waals surface area contributed by atoms with E-state index in [4.69, 9.17) is 0 Å². The van der Waals surface area contributed by atoms with Gasteiger partial charge in [0.05, 0.1) is 11.7 Å². The molecule has 2 fully saturated rings. The van der Waals surface area contributed by atoms with E-state index < -0.39 is 0 Å². The average Bonchev–Trinajstić information content (AvgIpc) is 3.25. The van der Waals surface area contributed by atoms with Crippen LogP contribution in [0, 0.1) is 5.92 Å². The van der Waals surface area contributed by atoms with E-state index in [1.807, 2.05) is 12.3 Å². The van der Waals surface area contributed by atoms with Crippen molar-refractivity contribution in [2.24, 2.45) is 5.92 Å². The first kappa shape index (κ1) is 13.1. The molecule has 2 heterocycles. The van der Waals surface area contributed by atoms with Crippen LogP contribution in [-0.4, -0.2) is 47.0 Å². The summed E-state index contributed by atoms with van der Waals surface area (Å²) < 4.78 is 0. The van der Waals surface area contributed by atoms with Crippen LogP contribution in [0.2, 0.25) is 0 Å². The monoisotopic (exact) mass is 259 g/mol. The number of aromatic nitrogens is 1. The molecule has 1 aliphatic carbocycles. The van der Waals surface area contributed by atoms with E-state index in [0.717, 1.165) is 5.92 Å². The number of nitrogens with zero attached hydrogens (tertiary/aromatic N) is 3. The first-order valence-electron chi connectivity index (χ1n) is 7.64. The second-order valence-electron chi connectivity index (χ2n) is 6.20. The number of hydrogen-bond acceptors (Lipinski definition) is 3. The van der Waals surface area contributed by atoms with Gasteiger partial charge in [-0.25, -0.2) is 0 Å². The Hall–Kier alpha value is -0.930. The molecule has 2 aliphatic rings. The van der Waals surface area contributed by atoms with Crippen molar-refractivity contribution >= 4 is 0 Å². The minimum atomic E-state index is 0.565. The fourth-order valence-electron chi connectivity index (χ4n) is 3.22. The molecule has 1 aliphatic heterocycles. The molecule has 0 N–H and O–H groups in total. The summed E-state index contributed by atoms with van der Waals surface area (Å²) in [6.07, 6.45) is 4.70. The molecule has 3 nitrogen and oxygen atoms in total. The lowest BCUT2D eigenvalue weighted by atomic mass is 10.0. The Balaban J connectivity index is 1.69. The molecule has 0 spiro atoms. The quantitative estimate of drug-likeness (QED) is 0.828. The first-order chi connectivity index (χ1) is 9.25. The van der Waals surface area contributed by atoms with Crippen molar-refractivity contribution in [2.45, 2.75) is 38.8 Å². The highest BCUT2D eigenvalue weighted by molar-refractivity contribution is 5.13. The van der Waals surface area contributed by atoms with Crippen LogP contribution in [0.5, 0.6) is 0 Å². The number of hydrogen-bond donors (Lipinski definition) is 0. The zero-order valence-electron chi connectivity index (χ0n) is 12.1. The number of pyridine rings is 1. The molecule has 1 aromatic rings.